The Morgan fingerprint density at radius 3 is 2.52 bits per heavy atom. The molecule has 2 aromatic rings. The van der Waals surface area contributed by atoms with Gasteiger partial charge < -0.3 is 15.8 Å². The first kappa shape index (κ1) is 17.3. The van der Waals surface area contributed by atoms with Gasteiger partial charge >= 0.3 is 0 Å². The molecule has 0 aliphatic carbocycles. The summed E-state index contributed by atoms with van der Waals surface area (Å²) in [7, 11) is 0. The number of nitrogen functional groups attached to an aromatic ring is 1. The summed E-state index contributed by atoms with van der Waals surface area (Å²) in [5.41, 5.74) is 7.59. The van der Waals surface area contributed by atoms with Crippen LogP contribution in [0.25, 0.3) is 0 Å². The Morgan fingerprint density at radius 2 is 1.88 bits per heavy atom. The van der Waals surface area contributed by atoms with Gasteiger partial charge in [0.2, 0.25) is 0 Å². The number of nitrogens with one attached hydrogen (secondary N) is 1. The molecule has 0 saturated carbocycles. The number of amides is 1. The van der Waals surface area contributed by atoms with Crippen molar-refractivity contribution in [1.29, 1.82) is 0 Å². The molecule has 5 heteroatoms. The minimum atomic E-state index is -0.184. The van der Waals surface area contributed by atoms with E-state index >= 15 is 0 Å². The van der Waals surface area contributed by atoms with Gasteiger partial charge in [0.25, 0.3) is 5.91 Å². The van der Waals surface area contributed by atoms with Crippen LogP contribution in [0.5, 0.6) is 5.75 Å². The van der Waals surface area contributed by atoms with Crippen molar-refractivity contribution in [1.82, 2.24) is 4.90 Å². The van der Waals surface area contributed by atoms with Crippen LogP contribution in [0.15, 0.2) is 48.5 Å². The fourth-order valence-electron chi connectivity index (χ4n) is 2.95. The maximum atomic E-state index is 12.3. The third kappa shape index (κ3) is 4.51. The molecule has 3 rings (SSSR count). The molecule has 1 amide bonds. The van der Waals surface area contributed by atoms with Crippen molar-refractivity contribution < 1.29 is 9.53 Å². The monoisotopic (exact) mass is 339 g/mol. The summed E-state index contributed by atoms with van der Waals surface area (Å²) in [5.74, 6) is 1.29. The van der Waals surface area contributed by atoms with Gasteiger partial charge in [-0.2, -0.15) is 0 Å². The smallest absolute Gasteiger partial charge is 0.255 e. The fourth-order valence-corrected chi connectivity index (χ4v) is 2.95. The van der Waals surface area contributed by atoms with Gasteiger partial charge in [0.1, 0.15) is 11.9 Å². The molecule has 0 aromatic heterocycles. The van der Waals surface area contributed by atoms with Crippen LogP contribution in [0.4, 0.5) is 11.4 Å². The second kappa shape index (κ2) is 7.57. The topological polar surface area (TPSA) is 67.6 Å². The summed E-state index contributed by atoms with van der Waals surface area (Å²) in [6, 6.07) is 14.4. The Labute approximate surface area is 148 Å². The van der Waals surface area contributed by atoms with Crippen LogP contribution in [0.1, 0.15) is 24.2 Å². The zero-order valence-corrected chi connectivity index (χ0v) is 14.7. The predicted molar refractivity (Wildman–Crippen MR) is 101 cm³/mol. The normalized spacial score (nSPS) is 15.0. The van der Waals surface area contributed by atoms with Gasteiger partial charge in [-0.05, 0) is 42.3 Å². The maximum absolute atomic E-state index is 12.3. The summed E-state index contributed by atoms with van der Waals surface area (Å²) < 4.78 is 5.94. The second-order valence-corrected chi connectivity index (χ2v) is 6.92. The quantitative estimate of drug-likeness (QED) is 0.793. The molecule has 1 heterocycles. The summed E-state index contributed by atoms with van der Waals surface area (Å²) in [6.07, 6.45) is 0.238. The lowest BCUT2D eigenvalue weighted by Crippen LogP contribution is -2.54. The Morgan fingerprint density at radius 1 is 1.20 bits per heavy atom. The molecule has 25 heavy (non-hydrogen) atoms. The van der Waals surface area contributed by atoms with Gasteiger partial charge in [-0.3, -0.25) is 9.69 Å². The van der Waals surface area contributed by atoms with Crippen molar-refractivity contribution in [3.8, 4) is 5.75 Å². The molecule has 0 spiro atoms. The van der Waals surface area contributed by atoms with Crippen LogP contribution < -0.4 is 15.8 Å². The van der Waals surface area contributed by atoms with Crippen molar-refractivity contribution >= 4 is 17.3 Å². The largest absolute Gasteiger partial charge is 0.488 e. The number of anilines is 2. The SMILES string of the molecule is CC(C)CN1CC(Oc2ccc(C(=O)Nc3ccccc3N)cc2)C1. The number of carbonyl (C=O) groups excluding carboxylic acids is 1. The Hall–Kier alpha value is -2.53. The minimum absolute atomic E-state index is 0.184. The first-order valence-corrected chi connectivity index (χ1v) is 8.66. The summed E-state index contributed by atoms with van der Waals surface area (Å²) >= 11 is 0. The van der Waals surface area contributed by atoms with E-state index in [0.717, 1.165) is 25.4 Å². The number of hydrogen-bond donors (Lipinski definition) is 2. The number of likely N-dealkylation sites (tertiary alicyclic amines) is 1. The minimum Gasteiger partial charge on any atom is -0.488 e. The van der Waals surface area contributed by atoms with Gasteiger partial charge in [0.05, 0.1) is 11.4 Å². The molecule has 0 unspecified atom stereocenters. The number of rotatable bonds is 6. The Kier molecular flexibility index (Phi) is 5.24. The van der Waals surface area contributed by atoms with E-state index in [9.17, 15) is 4.79 Å². The van der Waals surface area contributed by atoms with E-state index in [-0.39, 0.29) is 12.0 Å². The number of hydrogen-bond acceptors (Lipinski definition) is 4. The average molecular weight is 339 g/mol. The van der Waals surface area contributed by atoms with Crippen molar-refractivity contribution in [2.45, 2.75) is 20.0 Å². The molecule has 1 aliphatic rings. The highest BCUT2D eigenvalue weighted by Gasteiger charge is 2.28. The molecule has 0 radical (unpaired) electrons. The standard InChI is InChI=1S/C20H25N3O2/c1-14(2)11-23-12-17(13-23)25-16-9-7-15(8-10-16)20(24)22-19-6-4-3-5-18(19)21/h3-10,14,17H,11-13,21H2,1-2H3,(H,22,24). The van der Waals surface area contributed by atoms with Gasteiger partial charge in [-0.25, -0.2) is 0 Å². The van der Waals surface area contributed by atoms with Gasteiger partial charge in [-0.15, -0.1) is 0 Å². The Balaban J connectivity index is 1.52. The predicted octanol–water partition coefficient (Wildman–Crippen LogP) is 3.24. The molecular formula is C20H25N3O2. The number of carbonyl (C=O) groups is 1. The molecule has 2 aromatic carbocycles. The van der Waals surface area contributed by atoms with Crippen LogP contribution in [0.2, 0.25) is 0 Å². The first-order chi connectivity index (χ1) is 12.0. The van der Waals surface area contributed by atoms with Crippen LogP contribution in [0, 0.1) is 5.92 Å². The van der Waals surface area contributed by atoms with Crippen LogP contribution in [-0.2, 0) is 0 Å². The van der Waals surface area contributed by atoms with Crippen molar-refractivity contribution in [2.24, 2.45) is 5.92 Å². The number of benzene rings is 2. The highest BCUT2D eigenvalue weighted by atomic mass is 16.5. The van der Waals surface area contributed by atoms with Crippen molar-refractivity contribution in [3.63, 3.8) is 0 Å². The first-order valence-electron chi connectivity index (χ1n) is 8.66. The van der Waals surface area contributed by atoms with Gasteiger partial charge in [-0.1, -0.05) is 26.0 Å². The van der Waals surface area contributed by atoms with E-state index in [2.05, 4.69) is 24.1 Å². The third-order valence-electron chi connectivity index (χ3n) is 4.18. The average Bonchev–Trinajstić information content (AvgIpc) is 2.55. The Bertz CT molecular complexity index is 722. The fraction of sp³-hybridized carbons (Fsp3) is 0.350. The zero-order valence-electron chi connectivity index (χ0n) is 14.7. The maximum Gasteiger partial charge on any atom is 0.255 e. The van der Waals surface area contributed by atoms with E-state index in [1.807, 2.05) is 24.3 Å². The number of nitrogens with zero attached hydrogens (tertiary/aromatic N) is 1. The lowest BCUT2D eigenvalue weighted by atomic mass is 10.1. The summed E-state index contributed by atoms with van der Waals surface area (Å²) in [4.78, 5) is 14.7. The van der Waals surface area contributed by atoms with Crippen LogP contribution in [-0.4, -0.2) is 36.5 Å². The van der Waals surface area contributed by atoms with Gasteiger partial charge in [0.15, 0.2) is 0 Å². The molecule has 3 N–H and O–H groups in total. The lowest BCUT2D eigenvalue weighted by molar-refractivity contribution is 0.0131. The molecular weight excluding hydrogens is 314 g/mol. The number of nitrogens with two attached hydrogens (primary N) is 1. The molecule has 0 atom stereocenters. The van der Waals surface area contributed by atoms with Gasteiger partial charge in [0, 0.05) is 25.2 Å². The highest BCUT2D eigenvalue weighted by molar-refractivity contribution is 6.05. The summed E-state index contributed by atoms with van der Waals surface area (Å²) in [5, 5.41) is 2.82. The van der Waals surface area contributed by atoms with E-state index < -0.39 is 0 Å². The summed E-state index contributed by atoms with van der Waals surface area (Å²) in [6.45, 7) is 7.49. The van der Waals surface area contributed by atoms with E-state index in [0.29, 0.717) is 22.9 Å². The number of para-hydroxylation sites is 2. The molecule has 132 valence electrons. The number of ether oxygens (including phenoxy) is 1. The molecule has 1 saturated heterocycles. The van der Waals surface area contributed by atoms with E-state index in [4.69, 9.17) is 10.5 Å². The van der Waals surface area contributed by atoms with Crippen molar-refractivity contribution in [2.75, 3.05) is 30.7 Å². The molecule has 1 aliphatic heterocycles. The highest BCUT2D eigenvalue weighted by Crippen LogP contribution is 2.21. The second-order valence-electron chi connectivity index (χ2n) is 6.92. The molecule has 1 fully saturated rings. The lowest BCUT2D eigenvalue weighted by Gasteiger charge is -2.39. The van der Waals surface area contributed by atoms with E-state index in [1.54, 1.807) is 24.3 Å². The zero-order chi connectivity index (χ0) is 17.8. The van der Waals surface area contributed by atoms with Crippen LogP contribution >= 0.6 is 0 Å². The molecule has 0 bridgehead atoms. The van der Waals surface area contributed by atoms with Crippen molar-refractivity contribution in [3.05, 3.63) is 54.1 Å². The third-order valence-corrected chi connectivity index (χ3v) is 4.18. The van der Waals surface area contributed by atoms with E-state index in [1.165, 1.54) is 0 Å². The molecule has 5 nitrogen and oxygen atoms in total. The van der Waals surface area contributed by atoms with Crippen LogP contribution in [0.3, 0.4) is 0 Å².